The maximum Gasteiger partial charge on any atom is 0.193 e. The molecule has 0 spiro atoms. The molecule has 0 saturated carbocycles. The third kappa shape index (κ3) is 6.74. The van der Waals surface area contributed by atoms with Crippen LogP contribution in [0, 0.1) is 5.82 Å². The molecule has 29 heavy (non-hydrogen) atoms. The number of fused-ring (bicyclic) bond motifs is 1. The molecular weight excluding hydrogens is 488 g/mol. The number of para-hydroxylation sites is 1. The van der Waals surface area contributed by atoms with Crippen LogP contribution in [0.5, 0.6) is 11.5 Å². The molecule has 2 aromatic carbocycles. The number of aliphatic imine (C=N–C) groups is 1. The number of rotatable bonds is 7. The van der Waals surface area contributed by atoms with E-state index in [1.54, 1.807) is 7.05 Å². The molecule has 0 atom stereocenters. The van der Waals surface area contributed by atoms with Gasteiger partial charge in [0.05, 0.1) is 13.2 Å². The number of likely N-dealkylation sites (N-methyl/N-ethyl adjacent to an activating group) is 1. The molecule has 1 aliphatic rings. The standard InChI is InChI=1S/C21H26FN3O3.HI/c1-23-21(25(2)10-11-27-19-6-4-3-5-7-19)24-9-8-16-12-18(22)13-17-14-26-15-28-20(16)17;/h3-7,12-13H,8-11,14-15H2,1-2H3,(H,23,24);1H. The number of benzene rings is 2. The largest absolute Gasteiger partial charge is 0.492 e. The molecule has 1 N–H and O–H groups in total. The van der Waals surface area contributed by atoms with Gasteiger partial charge in [-0.05, 0) is 36.2 Å². The molecule has 0 radical (unpaired) electrons. The summed E-state index contributed by atoms with van der Waals surface area (Å²) in [6.07, 6.45) is 0.619. The first-order chi connectivity index (χ1) is 13.7. The highest BCUT2D eigenvalue weighted by Gasteiger charge is 2.17. The predicted octanol–water partition coefficient (Wildman–Crippen LogP) is 3.44. The Labute approximate surface area is 188 Å². The van der Waals surface area contributed by atoms with Gasteiger partial charge in [0.1, 0.15) is 23.9 Å². The summed E-state index contributed by atoms with van der Waals surface area (Å²) < 4.78 is 30.4. The van der Waals surface area contributed by atoms with Crippen molar-refractivity contribution in [1.29, 1.82) is 0 Å². The number of hydrogen-bond acceptors (Lipinski definition) is 4. The van der Waals surface area contributed by atoms with Gasteiger partial charge in [-0.3, -0.25) is 4.99 Å². The third-order valence-corrected chi connectivity index (χ3v) is 4.44. The Morgan fingerprint density at radius 2 is 2.07 bits per heavy atom. The van der Waals surface area contributed by atoms with Crippen LogP contribution in [-0.4, -0.2) is 51.4 Å². The number of ether oxygens (including phenoxy) is 3. The monoisotopic (exact) mass is 515 g/mol. The van der Waals surface area contributed by atoms with Gasteiger partial charge in [0.25, 0.3) is 0 Å². The molecule has 0 bridgehead atoms. The van der Waals surface area contributed by atoms with Gasteiger partial charge in [-0.2, -0.15) is 0 Å². The van der Waals surface area contributed by atoms with Crippen LogP contribution in [-0.2, 0) is 17.8 Å². The molecular formula is C21H27FIN3O3. The minimum atomic E-state index is -0.276. The van der Waals surface area contributed by atoms with Crippen molar-refractivity contribution in [1.82, 2.24) is 10.2 Å². The molecule has 1 aliphatic heterocycles. The molecule has 158 valence electrons. The Bertz CT molecular complexity index is 805. The third-order valence-electron chi connectivity index (χ3n) is 4.44. The fraction of sp³-hybridized carbons (Fsp3) is 0.381. The van der Waals surface area contributed by atoms with Gasteiger partial charge in [0.15, 0.2) is 12.8 Å². The van der Waals surface area contributed by atoms with Gasteiger partial charge in [-0.1, -0.05) is 18.2 Å². The number of nitrogens with one attached hydrogen (secondary N) is 1. The molecule has 8 heteroatoms. The van der Waals surface area contributed by atoms with Crippen molar-refractivity contribution in [3.63, 3.8) is 0 Å². The lowest BCUT2D eigenvalue weighted by Crippen LogP contribution is -2.41. The van der Waals surface area contributed by atoms with E-state index in [4.69, 9.17) is 14.2 Å². The molecule has 2 aromatic rings. The molecule has 0 fully saturated rings. The number of guanidine groups is 1. The fourth-order valence-electron chi connectivity index (χ4n) is 3.06. The summed E-state index contributed by atoms with van der Waals surface area (Å²) in [5, 5.41) is 3.30. The van der Waals surface area contributed by atoms with E-state index in [1.807, 2.05) is 42.3 Å². The smallest absolute Gasteiger partial charge is 0.193 e. The zero-order valence-electron chi connectivity index (χ0n) is 16.7. The van der Waals surface area contributed by atoms with Crippen molar-refractivity contribution in [3.05, 3.63) is 59.4 Å². The second-order valence-electron chi connectivity index (χ2n) is 6.47. The highest BCUT2D eigenvalue weighted by Crippen LogP contribution is 2.29. The van der Waals surface area contributed by atoms with Crippen LogP contribution in [0.1, 0.15) is 11.1 Å². The van der Waals surface area contributed by atoms with Gasteiger partial charge in [0, 0.05) is 26.2 Å². The molecule has 0 aromatic heterocycles. The fourth-order valence-corrected chi connectivity index (χ4v) is 3.06. The predicted molar refractivity (Wildman–Crippen MR) is 122 cm³/mol. The maximum absolute atomic E-state index is 13.8. The van der Waals surface area contributed by atoms with Crippen molar-refractivity contribution in [2.75, 3.05) is 40.6 Å². The minimum Gasteiger partial charge on any atom is -0.492 e. The van der Waals surface area contributed by atoms with Crippen LogP contribution >= 0.6 is 24.0 Å². The van der Waals surface area contributed by atoms with Gasteiger partial charge in [0.2, 0.25) is 0 Å². The number of halogens is 2. The molecule has 3 rings (SSSR count). The Hall–Kier alpha value is -2.07. The summed E-state index contributed by atoms with van der Waals surface area (Å²) in [6.45, 7) is 2.41. The Balaban J connectivity index is 0.00000300. The van der Waals surface area contributed by atoms with Crippen LogP contribution in [0.4, 0.5) is 4.39 Å². The van der Waals surface area contributed by atoms with Crippen molar-refractivity contribution in [2.45, 2.75) is 13.0 Å². The summed E-state index contributed by atoms with van der Waals surface area (Å²) in [4.78, 5) is 6.29. The lowest BCUT2D eigenvalue weighted by atomic mass is 10.1. The highest BCUT2D eigenvalue weighted by molar-refractivity contribution is 14.0. The second kappa shape index (κ2) is 11.8. The molecule has 1 heterocycles. The van der Waals surface area contributed by atoms with Gasteiger partial charge >= 0.3 is 0 Å². The van der Waals surface area contributed by atoms with Gasteiger partial charge < -0.3 is 24.4 Å². The average Bonchev–Trinajstić information content (AvgIpc) is 2.71. The molecule has 0 amide bonds. The normalized spacial score (nSPS) is 13.0. The van der Waals surface area contributed by atoms with E-state index in [-0.39, 0.29) is 36.6 Å². The van der Waals surface area contributed by atoms with Crippen molar-refractivity contribution < 1.29 is 18.6 Å². The average molecular weight is 515 g/mol. The van der Waals surface area contributed by atoms with Crippen molar-refractivity contribution in [2.24, 2.45) is 4.99 Å². The van der Waals surface area contributed by atoms with E-state index in [2.05, 4.69) is 10.3 Å². The van der Waals surface area contributed by atoms with E-state index in [1.165, 1.54) is 12.1 Å². The molecule has 0 unspecified atom stereocenters. The molecule has 0 aliphatic carbocycles. The highest BCUT2D eigenvalue weighted by atomic mass is 127. The first-order valence-electron chi connectivity index (χ1n) is 9.29. The lowest BCUT2D eigenvalue weighted by molar-refractivity contribution is -0.0172. The SMILES string of the molecule is CN=C(NCCc1cc(F)cc2c1OCOC2)N(C)CCOc1ccccc1.I. The zero-order chi connectivity index (χ0) is 19.8. The first kappa shape index (κ1) is 23.2. The quantitative estimate of drug-likeness (QED) is 0.348. The summed E-state index contributed by atoms with van der Waals surface area (Å²) in [6, 6.07) is 12.7. The Morgan fingerprint density at radius 3 is 2.83 bits per heavy atom. The number of nitrogens with zero attached hydrogens (tertiary/aromatic N) is 2. The van der Waals surface area contributed by atoms with Gasteiger partial charge in [-0.15, -0.1) is 24.0 Å². The van der Waals surface area contributed by atoms with Crippen LogP contribution < -0.4 is 14.8 Å². The molecule has 6 nitrogen and oxygen atoms in total. The van der Waals surface area contributed by atoms with E-state index in [9.17, 15) is 4.39 Å². The van der Waals surface area contributed by atoms with E-state index < -0.39 is 0 Å². The summed E-state index contributed by atoms with van der Waals surface area (Å²) in [5.41, 5.74) is 1.58. The van der Waals surface area contributed by atoms with E-state index in [0.717, 1.165) is 28.6 Å². The van der Waals surface area contributed by atoms with Crippen LogP contribution in [0.25, 0.3) is 0 Å². The van der Waals surface area contributed by atoms with E-state index >= 15 is 0 Å². The second-order valence-corrected chi connectivity index (χ2v) is 6.47. The van der Waals surface area contributed by atoms with Gasteiger partial charge in [-0.25, -0.2) is 4.39 Å². The summed E-state index contributed by atoms with van der Waals surface area (Å²) in [7, 11) is 3.69. The maximum atomic E-state index is 13.8. The zero-order valence-corrected chi connectivity index (χ0v) is 19.0. The summed E-state index contributed by atoms with van der Waals surface area (Å²) in [5.74, 6) is 2.06. The van der Waals surface area contributed by atoms with Crippen molar-refractivity contribution in [3.8, 4) is 11.5 Å². The number of hydrogen-bond donors (Lipinski definition) is 1. The lowest BCUT2D eigenvalue weighted by Gasteiger charge is -2.23. The van der Waals surface area contributed by atoms with Crippen LogP contribution in [0.3, 0.4) is 0 Å². The first-order valence-corrected chi connectivity index (χ1v) is 9.29. The van der Waals surface area contributed by atoms with E-state index in [0.29, 0.717) is 32.7 Å². The van der Waals surface area contributed by atoms with Crippen molar-refractivity contribution >= 4 is 29.9 Å². The Kier molecular flexibility index (Phi) is 9.46. The van der Waals surface area contributed by atoms with Crippen LogP contribution in [0.2, 0.25) is 0 Å². The summed E-state index contributed by atoms with van der Waals surface area (Å²) >= 11 is 0. The van der Waals surface area contributed by atoms with Crippen LogP contribution in [0.15, 0.2) is 47.5 Å². The minimum absolute atomic E-state index is 0. The molecule has 0 saturated heterocycles. The Morgan fingerprint density at radius 1 is 1.28 bits per heavy atom. The topological polar surface area (TPSA) is 55.3 Å².